The summed E-state index contributed by atoms with van der Waals surface area (Å²) in [5.41, 5.74) is 7.31. The van der Waals surface area contributed by atoms with Crippen LogP contribution in [0.15, 0.2) is 29.4 Å². The van der Waals surface area contributed by atoms with Crippen molar-refractivity contribution >= 4 is 11.7 Å². The van der Waals surface area contributed by atoms with Crippen LogP contribution in [0, 0.1) is 0 Å². The third-order valence-corrected chi connectivity index (χ3v) is 2.98. The quantitative estimate of drug-likeness (QED) is 0.317. The van der Waals surface area contributed by atoms with E-state index in [1.165, 1.54) is 5.56 Å². The molecule has 0 aliphatic rings. The monoisotopic (exact) mass is 263 g/mol. The van der Waals surface area contributed by atoms with Crippen molar-refractivity contribution in [3.8, 4) is 0 Å². The molecule has 0 bridgehead atoms. The molecule has 0 spiro atoms. The van der Waals surface area contributed by atoms with Crippen molar-refractivity contribution in [2.45, 2.75) is 39.2 Å². The second-order valence-corrected chi connectivity index (χ2v) is 4.39. The highest BCUT2D eigenvalue weighted by molar-refractivity contribution is 5.98. The normalized spacial score (nSPS) is 13.1. The zero-order valence-electron chi connectivity index (χ0n) is 11.4. The van der Waals surface area contributed by atoms with E-state index in [1.54, 1.807) is 12.1 Å². The molecule has 0 saturated carbocycles. The lowest BCUT2D eigenvalue weighted by Gasteiger charge is -2.16. The zero-order valence-corrected chi connectivity index (χ0v) is 11.4. The first-order chi connectivity index (χ1) is 9.12. The molecule has 0 radical (unpaired) electrons. The fraction of sp³-hybridized carbons (Fsp3) is 0.429. The van der Waals surface area contributed by atoms with Gasteiger partial charge >= 0.3 is 0 Å². The molecule has 5 nitrogen and oxygen atoms in total. The lowest BCUT2D eigenvalue weighted by Crippen LogP contribution is -2.44. The Bertz CT molecular complexity index is 441. The number of nitrogens with zero attached hydrogens (tertiary/aromatic N) is 1. The predicted octanol–water partition coefficient (Wildman–Crippen LogP) is 1.89. The molecule has 0 aliphatic carbocycles. The third-order valence-electron chi connectivity index (χ3n) is 2.98. The van der Waals surface area contributed by atoms with Crippen LogP contribution in [0.5, 0.6) is 0 Å². The van der Waals surface area contributed by atoms with E-state index in [4.69, 9.17) is 10.9 Å². The van der Waals surface area contributed by atoms with E-state index in [0.29, 0.717) is 12.0 Å². The molecule has 1 unspecified atom stereocenters. The zero-order chi connectivity index (χ0) is 14.3. The maximum absolute atomic E-state index is 12.0. The van der Waals surface area contributed by atoms with Gasteiger partial charge in [0.25, 0.3) is 5.91 Å². The molecule has 0 saturated heterocycles. The summed E-state index contributed by atoms with van der Waals surface area (Å²) >= 11 is 0. The van der Waals surface area contributed by atoms with Crippen LogP contribution in [-0.2, 0) is 6.42 Å². The smallest absolute Gasteiger partial charge is 0.251 e. The molecule has 1 aromatic carbocycles. The highest BCUT2D eigenvalue weighted by Gasteiger charge is 2.16. The Kier molecular flexibility index (Phi) is 5.85. The van der Waals surface area contributed by atoms with Crippen LogP contribution in [0.2, 0.25) is 0 Å². The summed E-state index contributed by atoms with van der Waals surface area (Å²) in [6.45, 7) is 4.03. The fourth-order valence-electron chi connectivity index (χ4n) is 1.79. The van der Waals surface area contributed by atoms with E-state index in [2.05, 4.69) is 17.4 Å². The van der Waals surface area contributed by atoms with E-state index in [0.717, 1.165) is 12.8 Å². The fourth-order valence-corrected chi connectivity index (χ4v) is 1.79. The van der Waals surface area contributed by atoms with Crippen molar-refractivity contribution in [1.29, 1.82) is 0 Å². The number of hydrogen-bond acceptors (Lipinski definition) is 3. The van der Waals surface area contributed by atoms with Crippen LogP contribution in [0.1, 0.15) is 42.6 Å². The Hall–Kier alpha value is -2.04. The van der Waals surface area contributed by atoms with Crippen molar-refractivity contribution in [1.82, 2.24) is 5.32 Å². The van der Waals surface area contributed by atoms with Gasteiger partial charge in [0.1, 0.15) is 0 Å². The van der Waals surface area contributed by atoms with Gasteiger partial charge in [-0.25, -0.2) is 0 Å². The number of nitrogens with one attached hydrogen (secondary N) is 1. The maximum Gasteiger partial charge on any atom is 0.251 e. The predicted molar refractivity (Wildman–Crippen MR) is 75.4 cm³/mol. The summed E-state index contributed by atoms with van der Waals surface area (Å²) in [6.07, 6.45) is 2.40. The molecule has 1 atom stereocenters. The summed E-state index contributed by atoms with van der Waals surface area (Å²) in [7, 11) is 0. The average molecular weight is 263 g/mol. The van der Waals surface area contributed by atoms with Gasteiger partial charge < -0.3 is 16.3 Å². The molecule has 0 aromatic heterocycles. The van der Waals surface area contributed by atoms with E-state index in [9.17, 15) is 4.79 Å². The van der Waals surface area contributed by atoms with Gasteiger partial charge in [0, 0.05) is 5.56 Å². The Balaban J connectivity index is 2.75. The second-order valence-electron chi connectivity index (χ2n) is 4.39. The number of oxime groups is 1. The number of rotatable bonds is 6. The first-order valence-electron chi connectivity index (χ1n) is 6.49. The van der Waals surface area contributed by atoms with Crippen LogP contribution in [-0.4, -0.2) is 23.0 Å². The van der Waals surface area contributed by atoms with Crippen molar-refractivity contribution in [2.75, 3.05) is 0 Å². The summed E-state index contributed by atoms with van der Waals surface area (Å²) in [5.74, 6) is -0.187. The summed E-state index contributed by atoms with van der Waals surface area (Å²) in [4.78, 5) is 12.0. The van der Waals surface area contributed by atoms with E-state index < -0.39 is 6.04 Å². The summed E-state index contributed by atoms with van der Waals surface area (Å²) < 4.78 is 0. The first kappa shape index (κ1) is 15.0. The number of amidine groups is 1. The molecule has 1 rings (SSSR count). The van der Waals surface area contributed by atoms with Gasteiger partial charge in [0.15, 0.2) is 5.84 Å². The van der Waals surface area contributed by atoms with Gasteiger partial charge in [0.2, 0.25) is 0 Å². The molecule has 0 heterocycles. The molecule has 5 heteroatoms. The van der Waals surface area contributed by atoms with Crippen molar-refractivity contribution in [2.24, 2.45) is 10.9 Å². The molecule has 1 amide bonds. The molecular weight excluding hydrogens is 242 g/mol. The third kappa shape index (κ3) is 4.28. The Morgan fingerprint density at radius 1 is 1.37 bits per heavy atom. The van der Waals surface area contributed by atoms with Crippen LogP contribution in [0.3, 0.4) is 0 Å². The number of benzene rings is 1. The summed E-state index contributed by atoms with van der Waals surface area (Å²) in [6, 6.07) is 6.97. The largest absolute Gasteiger partial charge is 0.409 e. The highest BCUT2D eigenvalue weighted by atomic mass is 16.4. The Morgan fingerprint density at radius 2 is 2.00 bits per heavy atom. The van der Waals surface area contributed by atoms with Crippen LogP contribution < -0.4 is 11.1 Å². The van der Waals surface area contributed by atoms with Gasteiger partial charge in [-0.1, -0.05) is 37.6 Å². The van der Waals surface area contributed by atoms with Gasteiger partial charge in [0.05, 0.1) is 6.04 Å². The lowest BCUT2D eigenvalue weighted by molar-refractivity contribution is 0.0945. The van der Waals surface area contributed by atoms with Crippen LogP contribution in [0.4, 0.5) is 0 Å². The van der Waals surface area contributed by atoms with Gasteiger partial charge in [-0.2, -0.15) is 0 Å². The van der Waals surface area contributed by atoms with Crippen molar-refractivity contribution < 1.29 is 10.0 Å². The number of carbonyl (C=O) groups excluding carboxylic acids is 1. The number of nitrogens with two attached hydrogens (primary N) is 1. The lowest BCUT2D eigenvalue weighted by atomic mass is 10.1. The number of hydrogen-bond donors (Lipinski definition) is 3. The number of carbonyl (C=O) groups is 1. The van der Waals surface area contributed by atoms with Crippen molar-refractivity contribution in [3.05, 3.63) is 35.4 Å². The minimum atomic E-state index is -0.437. The molecule has 104 valence electrons. The topological polar surface area (TPSA) is 87.7 Å². The summed E-state index contributed by atoms with van der Waals surface area (Å²) in [5, 5.41) is 14.4. The standard InChI is InChI=1S/C14H21N3O2/c1-3-5-12(13(15)17-19)16-14(18)11-8-6-10(4-2)7-9-11/h6-9,12,19H,3-5H2,1-2H3,(H2,15,17)(H,16,18). The van der Waals surface area contributed by atoms with E-state index >= 15 is 0 Å². The minimum Gasteiger partial charge on any atom is -0.409 e. The molecule has 0 aliphatic heterocycles. The second kappa shape index (κ2) is 7.41. The van der Waals surface area contributed by atoms with Gasteiger partial charge in [-0.3, -0.25) is 4.79 Å². The van der Waals surface area contributed by atoms with Crippen LogP contribution >= 0.6 is 0 Å². The molecule has 19 heavy (non-hydrogen) atoms. The minimum absolute atomic E-state index is 0.0281. The Labute approximate surface area is 113 Å². The first-order valence-corrected chi connectivity index (χ1v) is 6.49. The van der Waals surface area contributed by atoms with Gasteiger partial charge in [-0.15, -0.1) is 0 Å². The van der Waals surface area contributed by atoms with E-state index in [1.807, 2.05) is 19.1 Å². The van der Waals surface area contributed by atoms with Crippen molar-refractivity contribution in [3.63, 3.8) is 0 Å². The number of amides is 1. The average Bonchev–Trinajstić information content (AvgIpc) is 2.46. The van der Waals surface area contributed by atoms with E-state index in [-0.39, 0.29) is 11.7 Å². The SMILES string of the molecule is CCCC(NC(=O)c1ccc(CC)cc1)/C(N)=N/O. The maximum atomic E-state index is 12.0. The molecule has 1 aromatic rings. The number of aryl methyl sites for hydroxylation is 1. The molecule has 0 fully saturated rings. The molecule has 4 N–H and O–H groups in total. The molecular formula is C14H21N3O2. The Morgan fingerprint density at radius 3 is 2.47 bits per heavy atom. The van der Waals surface area contributed by atoms with Crippen LogP contribution in [0.25, 0.3) is 0 Å². The highest BCUT2D eigenvalue weighted by Crippen LogP contribution is 2.06. The van der Waals surface area contributed by atoms with Gasteiger partial charge in [-0.05, 0) is 30.5 Å².